The second-order valence-corrected chi connectivity index (χ2v) is 10.1. The lowest BCUT2D eigenvalue weighted by molar-refractivity contribution is -0.159. The molecule has 3 rings (SSSR count). The first kappa shape index (κ1) is 25.0. The van der Waals surface area contributed by atoms with Crippen LogP contribution in [0.3, 0.4) is 0 Å². The number of aliphatic hydroxyl groups is 1. The molecule has 0 bridgehead atoms. The molecular weight excluding hydrogens is 420 g/mol. The molecule has 0 radical (unpaired) electrons. The summed E-state index contributed by atoms with van der Waals surface area (Å²) in [5, 5.41) is 21.4. The first-order valence-corrected chi connectivity index (χ1v) is 11.7. The van der Waals surface area contributed by atoms with E-state index in [1.807, 2.05) is 33.8 Å². The van der Waals surface area contributed by atoms with Crippen molar-refractivity contribution < 1.29 is 29.3 Å². The van der Waals surface area contributed by atoms with E-state index in [2.05, 4.69) is 0 Å². The SMILES string of the molecule is CC=C(C)C(=O)OC1C=C(C)CC(OC(=O)c2ccc(O)cc2)C2C1(C)CCC2(O)C(C)C. The number of rotatable bonds is 5. The van der Waals surface area contributed by atoms with Gasteiger partial charge in [-0.05, 0) is 69.9 Å². The third-order valence-corrected chi connectivity index (χ3v) is 7.64. The summed E-state index contributed by atoms with van der Waals surface area (Å²) in [5.74, 6) is -1.33. The average molecular weight is 457 g/mol. The van der Waals surface area contributed by atoms with Crippen molar-refractivity contribution in [2.24, 2.45) is 17.3 Å². The number of hydrogen-bond acceptors (Lipinski definition) is 6. The van der Waals surface area contributed by atoms with Gasteiger partial charge in [0.2, 0.25) is 0 Å². The maximum atomic E-state index is 13.0. The number of benzene rings is 1. The van der Waals surface area contributed by atoms with Gasteiger partial charge in [-0.1, -0.05) is 32.4 Å². The zero-order valence-electron chi connectivity index (χ0n) is 20.4. The Balaban J connectivity index is 2.01. The van der Waals surface area contributed by atoms with Gasteiger partial charge in [0.1, 0.15) is 18.0 Å². The third kappa shape index (κ3) is 4.72. The smallest absolute Gasteiger partial charge is 0.338 e. The molecule has 2 aliphatic rings. The molecule has 180 valence electrons. The largest absolute Gasteiger partial charge is 0.508 e. The van der Waals surface area contributed by atoms with Crippen molar-refractivity contribution in [3.8, 4) is 5.75 Å². The molecule has 0 aromatic heterocycles. The van der Waals surface area contributed by atoms with Crippen molar-refractivity contribution >= 4 is 11.9 Å². The van der Waals surface area contributed by atoms with Gasteiger partial charge in [-0.25, -0.2) is 9.59 Å². The highest BCUT2D eigenvalue weighted by atomic mass is 16.6. The summed E-state index contributed by atoms with van der Waals surface area (Å²) in [6.07, 6.45) is 4.14. The molecule has 0 aliphatic heterocycles. The van der Waals surface area contributed by atoms with Gasteiger partial charge in [0.05, 0.1) is 11.2 Å². The Morgan fingerprint density at radius 3 is 2.36 bits per heavy atom. The Hall–Kier alpha value is -2.60. The predicted octanol–water partition coefficient (Wildman–Crippen LogP) is 4.95. The van der Waals surface area contributed by atoms with Crippen molar-refractivity contribution in [1.29, 1.82) is 0 Å². The van der Waals surface area contributed by atoms with Crippen LogP contribution in [0.5, 0.6) is 5.75 Å². The van der Waals surface area contributed by atoms with Crippen LogP contribution in [0.1, 0.15) is 71.2 Å². The highest BCUT2D eigenvalue weighted by molar-refractivity contribution is 5.89. The molecule has 2 N–H and O–H groups in total. The van der Waals surface area contributed by atoms with E-state index in [0.29, 0.717) is 30.4 Å². The van der Waals surface area contributed by atoms with Crippen LogP contribution in [0.15, 0.2) is 47.6 Å². The zero-order valence-corrected chi connectivity index (χ0v) is 20.4. The Bertz CT molecular complexity index is 959. The summed E-state index contributed by atoms with van der Waals surface area (Å²) in [4.78, 5) is 25.7. The Kier molecular flexibility index (Phi) is 7.08. The van der Waals surface area contributed by atoms with E-state index in [0.717, 1.165) is 5.57 Å². The van der Waals surface area contributed by atoms with E-state index >= 15 is 0 Å². The topological polar surface area (TPSA) is 93.1 Å². The predicted molar refractivity (Wildman–Crippen MR) is 126 cm³/mol. The summed E-state index contributed by atoms with van der Waals surface area (Å²) in [7, 11) is 0. The minimum Gasteiger partial charge on any atom is -0.508 e. The second kappa shape index (κ2) is 9.34. The Morgan fingerprint density at radius 2 is 1.79 bits per heavy atom. The maximum Gasteiger partial charge on any atom is 0.338 e. The Morgan fingerprint density at radius 1 is 1.15 bits per heavy atom. The van der Waals surface area contributed by atoms with Gasteiger partial charge in [0.25, 0.3) is 0 Å². The lowest BCUT2D eigenvalue weighted by Crippen LogP contribution is -2.53. The van der Waals surface area contributed by atoms with E-state index in [1.165, 1.54) is 24.3 Å². The molecule has 1 fully saturated rings. The first-order chi connectivity index (χ1) is 15.4. The molecule has 0 amide bonds. The fourth-order valence-electron chi connectivity index (χ4n) is 5.42. The average Bonchev–Trinajstić information content (AvgIpc) is 3.00. The third-order valence-electron chi connectivity index (χ3n) is 7.64. The number of allylic oxidation sites excluding steroid dienone is 1. The summed E-state index contributed by atoms with van der Waals surface area (Å²) in [5.41, 5.74) is 0.112. The van der Waals surface area contributed by atoms with E-state index in [9.17, 15) is 19.8 Å². The molecule has 0 saturated heterocycles. The number of ether oxygens (including phenoxy) is 2. The van der Waals surface area contributed by atoms with Crippen molar-refractivity contribution in [2.75, 3.05) is 0 Å². The number of aromatic hydroxyl groups is 1. The highest BCUT2D eigenvalue weighted by Gasteiger charge is 2.63. The molecule has 33 heavy (non-hydrogen) atoms. The van der Waals surface area contributed by atoms with Crippen LogP contribution in [0.25, 0.3) is 0 Å². The van der Waals surface area contributed by atoms with Crippen molar-refractivity contribution in [2.45, 2.75) is 78.6 Å². The van der Waals surface area contributed by atoms with Crippen LogP contribution in [0.2, 0.25) is 0 Å². The van der Waals surface area contributed by atoms with E-state index in [-0.39, 0.29) is 17.6 Å². The molecule has 1 aromatic rings. The lowest BCUT2D eigenvalue weighted by Gasteiger charge is -2.45. The number of fused-ring (bicyclic) bond motifs is 1. The quantitative estimate of drug-likeness (QED) is 0.370. The first-order valence-electron chi connectivity index (χ1n) is 11.7. The molecule has 6 nitrogen and oxygen atoms in total. The Labute approximate surface area is 196 Å². The van der Waals surface area contributed by atoms with Gasteiger partial charge in [-0.3, -0.25) is 0 Å². The highest BCUT2D eigenvalue weighted by Crippen LogP contribution is 2.58. The molecule has 2 aliphatic carbocycles. The maximum absolute atomic E-state index is 13.0. The summed E-state index contributed by atoms with van der Waals surface area (Å²) >= 11 is 0. The van der Waals surface area contributed by atoms with Crippen LogP contribution in [-0.2, 0) is 14.3 Å². The van der Waals surface area contributed by atoms with Gasteiger partial charge in [-0.15, -0.1) is 0 Å². The molecule has 1 saturated carbocycles. The summed E-state index contributed by atoms with van der Waals surface area (Å²) in [6, 6.07) is 5.92. The number of carbonyl (C=O) groups is 2. The fourth-order valence-corrected chi connectivity index (χ4v) is 5.42. The van der Waals surface area contributed by atoms with Gasteiger partial charge < -0.3 is 19.7 Å². The van der Waals surface area contributed by atoms with E-state index in [1.54, 1.807) is 19.9 Å². The second-order valence-electron chi connectivity index (χ2n) is 10.1. The lowest BCUT2D eigenvalue weighted by atomic mass is 9.66. The van der Waals surface area contributed by atoms with Gasteiger partial charge in [0.15, 0.2) is 0 Å². The van der Waals surface area contributed by atoms with Crippen LogP contribution < -0.4 is 0 Å². The van der Waals surface area contributed by atoms with Gasteiger partial charge >= 0.3 is 11.9 Å². The number of phenols is 1. The fraction of sp³-hybridized carbons (Fsp3) is 0.556. The standard InChI is InChI=1S/C27H36O6/c1-7-18(5)24(29)33-22-15-17(4)14-21(32-25(30)19-8-10-20(28)11-9-19)23-26(22,6)12-13-27(23,31)16(2)3/h7-11,15-16,21-23,28,31H,12-14H2,1-6H3. The van der Waals surface area contributed by atoms with Crippen LogP contribution >= 0.6 is 0 Å². The van der Waals surface area contributed by atoms with Gasteiger partial charge in [0, 0.05) is 23.3 Å². The minimum atomic E-state index is -1.08. The summed E-state index contributed by atoms with van der Waals surface area (Å²) < 4.78 is 12.0. The van der Waals surface area contributed by atoms with Crippen LogP contribution in [-0.4, -0.2) is 40.0 Å². The van der Waals surface area contributed by atoms with Crippen LogP contribution in [0, 0.1) is 17.3 Å². The number of phenolic OH excluding ortho intramolecular Hbond substituents is 1. The molecule has 0 heterocycles. The molecule has 5 unspecified atom stereocenters. The van der Waals surface area contributed by atoms with E-state index in [4.69, 9.17) is 9.47 Å². The summed E-state index contributed by atoms with van der Waals surface area (Å²) in [6.45, 7) is 11.4. The molecule has 6 heteroatoms. The minimum absolute atomic E-state index is 0.0680. The van der Waals surface area contributed by atoms with E-state index < -0.39 is 35.1 Å². The van der Waals surface area contributed by atoms with Gasteiger partial charge in [-0.2, -0.15) is 0 Å². The van der Waals surface area contributed by atoms with Crippen LogP contribution in [0.4, 0.5) is 0 Å². The zero-order chi connectivity index (χ0) is 24.6. The number of esters is 2. The number of carbonyl (C=O) groups excluding carboxylic acids is 2. The molecular formula is C27H36O6. The molecule has 0 spiro atoms. The van der Waals surface area contributed by atoms with Crippen molar-refractivity contribution in [1.82, 2.24) is 0 Å². The molecule has 1 aromatic carbocycles. The normalized spacial score (nSPS) is 32.1. The molecule has 5 atom stereocenters. The monoisotopic (exact) mass is 456 g/mol. The van der Waals surface area contributed by atoms with Crippen molar-refractivity contribution in [3.63, 3.8) is 0 Å². The number of hydrogen-bond donors (Lipinski definition) is 2. The van der Waals surface area contributed by atoms with Crippen molar-refractivity contribution in [3.05, 3.63) is 53.1 Å².